The van der Waals surface area contributed by atoms with E-state index in [0.717, 1.165) is 19.3 Å². The van der Waals surface area contributed by atoms with E-state index < -0.39 is 0 Å². The lowest BCUT2D eigenvalue weighted by molar-refractivity contribution is -0.120. The van der Waals surface area contributed by atoms with Gasteiger partial charge in [-0.3, -0.25) is 4.79 Å². The maximum Gasteiger partial charge on any atom is 0.234 e. The summed E-state index contributed by atoms with van der Waals surface area (Å²) in [6.07, 6.45) is 3.05. The van der Waals surface area contributed by atoms with Crippen molar-refractivity contribution in [3.8, 4) is 6.07 Å². The van der Waals surface area contributed by atoms with E-state index >= 15 is 0 Å². The molecule has 2 unspecified atom stereocenters. The number of amides is 1. The normalized spacial score (nSPS) is 25.2. The number of carbonyl (C=O) groups is 1. The molecule has 4 heteroatoms. The Balaban J connectivity index is 2.25. The van der Waals surface area contributed by atoms with Gasteiger partial charge in [0.15, 0.2) is 0 Å². The second-order valence-corrected chi connectivity index (χ2v) is 4.38. The summed E-state index contributed by atoms with van der Waals surface area (Å²) < 4.78 is 0. The van der Waals surface area contributed by atoms with Crippen LogP contribution in [-0.2, 0) is 4.79 Å². The Morgan fingerprint density at radius 3 is 2.87 bits per heavy atom. The molecule has 1 aliphatic carbocycles. The number of hydrogen-bond acceptors (Lipinski definition) is 3. The van der Waals surface area contributed by atoms with E-state index in [1.165, 1.54) is 0 Å². The molecule has 15 heavy (non-hydrogen) atoms. The first kappa shape index (κ1) is 12.0. The van der Waals surface area contributed by atoms with E-state index in [9.17, 15) is 4.79 Å². The van der Waals surface area contributed by atoms with E-state index in [0.29, 0.717) is 6.54 Å². The van der Waals surface area contributed by atoms with E-state index in [1.54, 1.807) is 0 Å². The molecule has 0 spiro atoms. The quantitative estimate of drug-likeness (QED) is 0.719. The van der Waals surface area contributed by atoms with Crippen molar-refractivity contribution in [2.24, 2.45) is 5.92 Å². The van der Waals surface area contributed by atoms with Crippen LogP contribution in [0.4, 0.5) is 0 Å². The third-order valence-electron chi connectivity index (χ3n) is 2.66. The molecular weight excluding hydrogens is 190 g/mol. The summed E-state index contributed by atoms with van der Waals surface area (Å²) in [6, 6.07) is 2.66. The first-order chi connectivity index (χ1) is 7.13. The highest BCUT2D eigenvalue weighted by Crippen LogP contribution is 2.24. The van der Waals surface area contributed by atoms with Gasteiger partial charge in [0, 0.05) is 12.1 Å². The van der Waals surface area contributed by atoms with Gasteiger partial charge in [-0.25, -0.2) is 0 Å². The molecule has 2 atom stereocenters. The second kappa shape index (κ2) is 5.72. The zero-order chi connectivity index (χ0) is 11.3. The van der Waals surface area contributed by atoms with Crippen LogP contribution in [0.5, 0.6) is 0 Å². The van der Waals surface area contributed by atoms with Gasteiger partial charge in [0.05, 0.1) is 18.5 Å². The number of carbonyl (C=O) groups excluding carboxylic acids is 1. The van der Waals surface area contributed by atoms with E-state index in [4.69, 9.17) is 5.26 Å². The van der Waals surface area contributed by atoms with Crippen LogP contribution in [0, 0.1) is 17.2 Å². The van der Waals surface area contributed by atoms with E-state index in [-0.39, 0.29) is 23.9 Å². The molecule has 0 bridgehead atoms. The molecule has 0 aliphatic heterocycles. The zero-order valence-corrected chi connectivity index (χ0v) is 9.42. The maximum absolute atomic E-state index is 11.3. The molecule has 0 saturated heterocycles. The van der Waals surface area contributed by atoms with Gasteiger partial charge in [-0.1, -0.05) is 6.42 Å². The Kier molecular flexibility index (Phi) is 4.57. The van der Waals surface area contributed by atoms with Crippen LogP contribution >= 0.6 is 0 Å². The van der Waals surface area contributed by atoms with E-state index in [2.05, 4.69) is 16.7 Å². The van der Waals surface area contributed by atoms with Crippen LogP contribution in [0.15, 0.2) is 0 Å². The van der Waals surface area contributed by atoms with Gasteiger partial charge in [0.1, 0.15) is 0 Å². The fourth-order valence-corrected chi connectivity index (χ4v) is 1.96. The molecule has 1 amide bonds. The van der Waals surface area contributed by atoms with Crippen LogP contribution in [0.3, 0.4) is 0 Å². The van der Waals surface area contributed by atoms with Gasteiger partial charge in [-0.15, -0.1) is 0 Å². The Hall–Kier alpha value is -1.08. The Labute approximate surface area is 91.0 Å². The molecule has 2 N–H and O–H groups in total. The van der Waals surface area contributed by atoms with E-state index in [1.807, 2.05) is 13.8 Å². The monoisotopic (exact) mass is 209 g/mol. The zero-order valence-electron chi connectivity index (χ0n) is 9.42. The highest BCUT2D eigenvalue weighted by atomic mass is 16.1. The van der Waals surface area contributed by atoms with Crippen LogP contribution in [0.25, 0.3) is 0 Å². The molecule has 84 valence electrons. The average Bonchev–Trinajstić information content (AvgIpc) is 2.60. The van der Waals surface area contributed by atoms with Gasteiger partial charge in [0.25, 0.3) is 0 Å². The number of rotatable bonds is 4. The molecular formula is C11H19N3O. The minimum absolute atomic E-state index is 0.00795. The number of nitrogens with one attached hydrogen (secondary N) is 2. The molecule has 0 aromatic carbocycles. The lowest BCUT2D eigenvalue weighted by Crippen LogP contribution is -2.42. The van der Waals surface area contributed by atoms with Crippen molar-refractivity contribution in [1.29, 1.82) is 5.26 Å². The number of hydrogen-bond donors (Lipinski definition) is 2. The molecule has 0 radical (unpaired) electrons. The largest absolute Gasteiger partial charge is 0.353 e. The number of nitriles is 1. The Morgan fingerprint density at radius 1 is 1.53 bits per heavy atom. The lowest BCUT2D eigenvalue weighted by atomic mass is 10.1. The smallest absolute Gasteiger partial charge is 0.234 e. The molecule has 1 rings (SSSR count). The standard InChI is InChI=1S/C11H19N3O/c1-8(2)14-11(15)7-13-10-5-3-4-9(10)6-12/h8-10,13H,3-5,7H2,1-2H3,(H,14,15). The summed E-state index contributed by atoms with van der Waals surface area (Å²) in [6.45, 7) is 4.19. The summed E-state index contributed by atoms with van der Waals surface area (Å²) in [5, 5.41) is 14.8. The van der Waals surface area contributed by atoms with Crippen LogP contribution < -0.4 is 10.6 Å². The van der Waals surface area contributed by atoms with Crippen molar-refractivity contribution in [3.05, 3.63) is 0 Å². The van der Waals surface area contributed by atoms with Crippen molar-refractivity contribution >= 4 is 5.91 Å². The van der Waals surface area contributed by atoms with Gasteiger partial charge in [-0.2, -0.15) is 5.26 Å². The Morgan fingerprint density at radius 2 is 2.27 bits per heavy atom. The van der Waals surface area contributed by atoms with Crippen molar-refractivity contribution in [1.82, 2.24) is 10.6 Å². The third kappa shape index (κ3) is 3.88. The minimum Gasteiger partial charge on any atom is -0.353 e. The fourth-order valence-electron chi connectivity index (χ4n) is 1.96. The highest BCUT2D eigenvalue weighted by molar-refractivity contribution is 5.78. The third-order valence-corrected chi connectivity index (χ3v) is 2.66. The molecule has 1 fully saturated rings. The molecule has 0 aromatic rings. The first-order valence-electron chi connectivity index (χ1n) is 5.56. The molecule has 4 nitrogen and oxygen atoms in total. The SMILES string of the molecule is CC(C)NC(=O)CNC1CCCC1C#N. The Bertz CT molecular complexity index is 257. The maximum atomic E-state index is 11.3. The van der Waals surface area contributed by atoms with Crippen molar-refractivity contribution < 1.29 is 4.79 Å². The molecule has 0 heterocycles. The topological polar surface area (TPSA) is 64.9 Å². The molecule has 1 aliphatic rings. The van der Waals surface area contributed by atoms with Gasteiger partial charge >= 0.3 is 0 Å². The number of nitrogens with zero attached hydrogens (tertiary/aromatic N) is 1. The second-order valence-electron chi connectivity index (χ2n) is 4.38. The summed E-state index contributed by atoms with van der Waals surface area (Å²) in [4.78, 5) is 11.3. The lowest BCUT2D eigenvalue weighted by Gasteiger charge is -2.16. The predicted octanol–water partition coefficient (Wildman–Crippen LogP) is 0.793. The van der Waals surface area contributed by atoms with Crippen molar-refractivity contribution in [2.45, 2.75) is 45.2 Å². The fraction of sp³-hybridized carbons (Fsp3) is 0.818. The van der Waals surface area contributed by atoms with Crippen LogP contribution in [-0.4, -0.2) is 24.5 Å². The van der Waals surface area contributed by atoms with Gasteiger partial charge < -0.3 is 10.6 Å². The average molecular weight is 209 g/mol. The van der Waals surface area contributed by atoms with Crippen molar-refractivity contribution in [2.75, 3.05) is 6.54 Å². The van der Waals surface area contributed by atoms with Gasteiger partial charge in [-0.05, 0) is 26.7 Å². The summed E-state index contributed by atoms with van der Waals surface area (Å²) in [5.41, 5.74) is 0. The highest BCUT2D eigenvalue weighted by Gasteiger charge is 2.26. The minimum atomic E-state index is 0.00795. The van der Waals surface area contributed by atoms with Crippen LogP contribution in [0.2, 0.25) is 0 Å². The van der Waals surface area contributed by atoms with Crippen molar-refractivity contribution in [3.63, 3.8) is 0 Å². The first-order valence-corrected chi connectivity index (χ1v) is 5.56. The summed E-state index contributed by atoms with van der Waals surface area (Å²) >= 11 is 0. The summed E-state index contributed by atoms with van der Waals surface area (Å²) in [5.74, 6) is 0.0884. The molecule has 0 aromatic heterocycles. The van der Waals surface area contributed by atoms with Gasteiger partial charge in [0.2, 0.25) is 5.91 Å². The molecule has 1 saturated carbocycles. The van der Waals surface area contributed by atoms with Crippen LogP contribution in [0.1, 0.15) is 33.1 Å². The summed E-state index contributed by atoms with van der Waals surface area (Å²) in [7, 11) is 0. The predicted molar refractivity (Wildman–Crippen MR) is 58.0 cm³/mol.